The molecule has 7 rings (SSSR count). The number of aryl methyl sites for hydroxylation is 2. The molecule has 1 aromatic heterocycles. The van der Waals surface area contributed by atoms with Gasteiger partial charge in [0.05, 0.1) is 19.5 Å². The molecule has 0 bridgehead atoms. The van der Waals surface area contributed by atoms with Crippen molar-refractivity contribution in [2.24, 2.45) is 0 Å². The zero-order chi connectivity index (χ0) is 44.3. The molecular formula is C57H73NO3P2. The third-order valence-electron chi connectivity index (χ3n) is 12.8. The number of unbranched alkanes of at least 4 members (excludes halogenated alkanes) is 10. The molecule has 0 saturated heterocycles. The number of hydrogen-bond acceptors (Lipinski definition) is 4. The Morgan fingerprint density at radius 3 is 1.65 bits per heavy atom. The molecule has 5 aromatic carbocycles. The van der Waals surface area contributed by atoms with Crippen LogP contribution >= 0.6 is 17.9 Å². The predicted octanol–water partition coefficient (Wildman–Crippen LogP) is 17.4. The fraction of sp³-hybridized carbons (Fsp3) is 0.404. The van der Waals surface area contributed by atoms with Gasteiger partial charge in [-0.05, 0) is 127 Å². The summed E-state index contributed by atoms with van der Waals surface area (Å²) < 4.78 is 17.2. The minimum absolute atomic E-state index is 0.0639. The van der Waals surface area contributed by atoms with Crippen molar-refractivity contribution < 1.29 is 13.9 Å². The molecule has 2 atom stereocenters. The largest absolute Gasteiger partial charge is 0.494 e. The van der Waals surface area contributed by atoms with Crippen molar-refractivity contribution in [3.63, 3.8) is 0 Å². The van der Waals surface area contributed by atoms with Crippen molar-refractivity contribution in [2.75, 3.05) is 18.1 Å². The lowest BCUT2D eigenvalue weighted by Crippen LogP contribution is -2.25. The SMILES string of the molecule is CCCCCCCCC1(CCCCCCCC)c2cc(C)ccc2-c2ccc(-c3ccc(N(c4ccc(C)cc4)c4ccc(OCCCOCc5ccco5)cc4)cc3)cc21.PP. The first-order chi connectivity index (χ1) is 31.0. The van der Waals surface area contributed by atoms with E-state index in [-0.39, 0.29) is 5.41 Å². The van der Waals surface area contributed by atoms with Gasteiger partial charge in [0, 0.05) is 28.9 Å². The summed E-state index contributed by atoms with van der Waals surface area (Å²) in [7, 11) is 4.67. The summed E-state index contributed by atoms with van der Waals surface area (Å²) in [5.41, 5.74) is 14.6. The number of ether oxygens (including phenoxy) is 2. The predicted molar refractivity (Wildman–Crippen MR) is 276 cm³/mol. The number of fused-ring (bicyclic) bond motifs is 3. The molecule has 6 heteroatoms. The molecule has 2 unspecified atom stereocenters. The second kappa shape index (κ2) is 25.3. The number of nitrogens with zero attached hydrogens (tertiary/aromatic N) is 1. The zero-order valence-corrected chi connectivity index (χ0v) is 41.0. The summed E-state index contributed by atoms with van der Waals surface area (Å²) in [6.45, 7) is 10.7. The first-order valence-electron chi connectivity index (χ1n) is 23.9. The zero-order valence-electron chi connectivity index (χ0n) is 38.7. The smallest absolute Gasteiger partial charge is 0.129 e. The fourth-order valence-electron chi connectivity index (χ4n) is 9.42. The topological polar surface area (TPSA) is 34.8 Å². The number of benzene rings is 5. The molecule has 0 aliphatic heterocycles. The monoisotopic (exact) mass is 882 g/mol. The maximum atomic E-state index is 6.10. The standard InChI is InChI=1S/C57H69NO3.H4P2/c1-5-7-9-11-13-15-36-57(37-16-14-12-10-8-6-2)55-41-45(4)22-34-53(55)54-35-25-47(42-56(54)57)46-23-28-49(29-24-46)58(48-26-20-44(3)21-27-48)50-30-32-51(33-31-50)60-40-18-38-59-43-52-19-17-39-61-52;1-2/h17,19-35,39,41-42H,5-16,18,36-38,40,43H2,1-4H3;1-2H2. The summed E-state index contributed by atoms with van der Waals surface area (Å²) in [6.07, 6.45) is 20.9. The third-order valence-corrected chi connectivity index (χ3v) is 12.8. The van der Waals surface area contributed by atoms with Crippen LogP contribution in [0.5, 0.6) is 5.75 Å². The maximum absolute atomic E-state index is 6.10. The molecule has 0 fully saturated rings. The highest BCUT2D eigenvalue weighted by Crippen LogP contribution is 2.55. The highest BCUT2D eigenvalue weighted by atomic mass is 32.0. The Balaban J connectivity index is 0.00000326. The van der Waals surface area contributed by atoms with Crippen molar-refractivity contribution >= 4 is 34.9 Å². The van der Waals surface area contributed by atoms with Crippen LogP contribution in [0.25, 0.3) is 22.3 Å². The minimum Gasteiger partial charge on any atom is -0.494 e. The lowest BCUT2D eigenvalue weighted by Gasteiger charge is -2.33. The average molecular weight is 882 g/mol. The lowest BCUT2D eigenvalue weighted by atomic mass is 9.70. The van der Waals surface area contributed by atoms with E-state index in [4.69, 9.17) is 13.9 Å². The van der Waals surface area contributed by atoms with Crippen LogP contribution in [0.15, 0.2) is 132 Å². The van der Waals surface area contributed by atoms with E-state index >= 15 is 0 Å². The fourth-order valence-corrected chi connectivity index (χ4v) is 9.42. The van der Waals surface area contributed by atoms with Crippen LogP contribution in [0.3, 0.4) is 0 Å². The van der Waals surface area contributed by atoms with Crippen LogP contribution in [0.4, 0.5) is 17.1 Å². The molecule has 4 nitrogen and oxygen atoms in total. The molecule has 6 aromatic rings. The Morgan fingerprint density at radius 1 is 0.524 bits per heavy atom. The summed E-state index contributed by atoms with van der Waals surface area (Å²) in [6, 6.07) is 44.9. The molecule has 1 aliphatic carbocycles. The van der Waals surface area contributed by atoms with Gasteiger partial charge >= 0.3 is 0 Å². The molecule has 0 N–H and O–H groups in total. The number of anilines is 3. The molecule has 0 radical (unpaired) electrons. The molecule has 0 spiro atoms. The van der Waals surface area contributed by atoms with E-state index < -0.39 is 0 Å². The van der Waals surface area contributed by atoms with E-state index in [1.807, 2.05) is 12.1 Å². The Kier molecular flexibility index (Phi) is 19.4. The summed E-state index contributed by atoms with van der Waals surface area (Å²) in [5.74, 6) is 1.69. The third kappa shape index (κ3) is 13.0. The Hall–Kier alpha value is -4.20. The van der Waals surface area contributed by atoms with Crippen LogP contribution < -0.4 is 9.64 Å². The van der Waals surface area contributed by atoms with Gasteiger partial charge in [-0.2, -0.15) is 0 Å². The number of hydrogen-bond donors (Lipinski definition) is 0. The lowest BCUT2D eigenvalue weighted by molar-refractivity contribution is 0.0944. The first-order valence-corrected chi connectivity index (χ1v) is 26.6. The normalized spacial score (nSPS) is 12.3. The van der Waals surface area contributed by atoms with Gasteiger partial charge in [-0.15, -0.1) is 17.9 Å². The van der Waals surface area contributed by atoms with E-state index in [9.17, 15) is 0 Å². The van der Waals surface area contributed by atoms with E-state index in [2.05, 4.69) is 160 Å². The van der Waals surface area contributed by atoms with E-state index in [0.717, 1.165) is 35.0 Å². The van der Waals surface area contributed by atoms with Crippen LogP contribution in [0, 0.1) is 13.8 Å². The number of furan rings is 1. The van der Waals surface area contributed by atoms with Gasteiger partial charge in [-0.25, -0.2) is 0 Å². The van der Waals surface area contributed by atoms with E-state index in [0.29, 0.717) is 19.8 Å². The van der Waals surface area contributed by atoms with Crippen molar-refractivity contribution in [2.45, 2.75) is 136 Å². The van der Waals surface area contributed by atoms with Gasteiger partial charge in [0.25, 0.3) is 0 Å². The van der Waals surface area contributed by atoms with Gasteiger partial charge in [0.1, 0.15) is 18.1 Å². The van der Waals surface area contributed by atoms with Crippen molar-refractivity contribution in [3.8, 4) is 28.0 Å². The molecular weight excluding hydrogens is 809 g/mol. The van der Waals surface area contributed by atoms with Gasteiger partial charge < -0.3 is 18.8 Å². The molecule has 0 saturated carbocycles. The van der Waals surface area contributed by atoms with Crippen LogP contribution in [0.1, 0.15) is 138 Å². The van der Waals surface area contributed by atoms with Gasteiger partial charge in [-0.1, -0.05) is 157 Å². The highest BCUT2D eigenvalue weighted by molar-refractivity contribution is 7.92. The second-order valence-corrected chi connectivity index (χ2v) is 17.5. The molecule has 0 amide bonds. The average Bonchev–Trinajstić information content (AvgIpc) is 3.93. The molecule has 1 heterocycles. The van der Waals surface area contributed by atoms with Crippen LogP contribution in [-0.2, 0) is 16.8 Å². The van der Waals surface area contributed by atoms with Gasteiger partial charge in [-0.3, -0.25) is 0 Å². The van der Waals surface area contributed by atoms with Gasteiger partial charge in [0.15, 0.2) is 0 Å². The summed E-state index contributed by atoms with van der Waals surface area (Å²) in [5, 5.41) is 0. The van der Waals surface area contributed by atoms with Crippen molar-refractivity contribution in [1.29, 1.82) is 0 Å². The maximum Gasteiger partial charge on any atom is 0.129 e. The van der Waals surface area contributed by atoms with Crippen molar-refractivity contribution in [1.82, 2.24) is 0 Å². The molecule has 334 valence electrons. The Labute approximate surface area is 384 Å². The summed E-state index contributed by atoms with van der Waals surface area (Å²) >= 11 is 0. The van der Waals surface area contributed by atoms with E-state index in [1.54, 1.807) is 17.4 Å². The molecule has 63 heavy (non-hydrogen) atoms. The van der Waals surface area contributed by atoms with Crippen molar-refractivity contribution in [3.05, 3.63) is 156 Å². The van der Waals surface area contributed by atoms with Gasteiger partial charge in [0.2, 0.25) is 0 Å². The van der Waals surface area contributed by atoms with Crippen LogP contribution in [-0.4, -0.2) is 13.2 Å². The number of rotatable bonds is 25. The Morgan fingerprint density at radius 2 is 1.05 bits per heavy atom. The quantitative estimate of drug-likeness (QED) is 0.0424. The second-order valence-electron chi connectivity index (χ2n) is 17.5. The Bertz CT molecular complexity index is 2200. The van der Waals surface area contributed by atoms with E-state index in [1.165, 1.54) is 123 Å². The van der Waals surface area contributed by atoms with Crippen LogP contribution in [0.2, 0.25) is 0 Å². The highest BCUT2D eigenvalue weighted by Gasteiger charge is 2.42. The first kappa shape index (κ1) is 48.3. The molecule has 1 aliphatic rings. The summed E-state index contributed by atoms with van der Waals surface area (Å²) in [4.78, 5) is 2.34. The minimum atomic E-state index is 0.0639.